The smallest absolute Gasteiger partial charge is 0.243 e. The van der Waals surface area contributed by atoms with Crippen LogP contribution < -0.4 is 5.32 Å². The molecule has 0 spiro atoms. The van der Waals surface area contributed by atoms with Gasteiger partial charge in [0, 0.05) is 12.7 Å². The highest BCUT2D eigenvalue weighted by Gasteiger charge is 2.03. The Labute approximate surface area is 116 Å². The molecule has 0 bridgehead atoms. The minimum absolute atomic E-state index is 0.205. The van der Waals surface area contributed by atoms with Crippen LogP contribution in [0.15, 0.2) is 42.6 Å². The van der Waals surface area contributed by atoms with Gasteiger partial charge in [0.1, 0.15) is 5.82 Å². The minimum atomic E-state index is -0.205. The molecule has 20 heavy (non-hydrogen) atoms. The molecule has 3 aromatic rings. The second-order valence-corrected chi connectivity index (χ2v) is 4.75. The number of hydrogen-bond donors (Lipinski definition) is 1. The van der Waals surface area contributed by atoms with E-state index in [1.165, 1.54) is 6.07 Å². The first-order chi connectivity index (χ1) is 9.70. The third kappa shape index (κ3) is 2.77. The van der Waals surface area contributed by atoms with Crippen molar-refractivity contribution in [2.45, 2.75) is 13.3 Å². The molecule has 2 heterocycles. The van der Waals surface area contributed by atoms with Gasteiger partial charge in [0.2, 0.25) is 5.95 Å². The Bertz CT molecular complexity index is 736. The molecule has 0 aliphatic rings. The zero-order valence-corrected chi connectivity index (χ0v) is 11.2. The van der Waals surface area contributed by atoms with E-state index in [2.05, 4.69) is 15.4 Å². The lowest BCUT2D eigenvalue weighted by Crippen LogP contribution is -2.06. The van der Waals surface area contributed by atoms with E-state index >= 15 is 0 Å². The van der Waals surface area contributed by atoms with Crippen LogP contribution in [0.3, 0.4) is 0 Å². The van der Waals surface area contributed by atoms with Crippen LogP contribution in [0.5, 0.6) is 0 Å². The number of anilines is 1. The highest BCUT2D eigenvalue weighted by molar-refractivity contribution is 5.44. The highest BCUT2D eigenvalue weighted by atomic mass is 19.1. The molecule has 0 unspecified atom stereocenters. The summed E-state index contributed by atoms with van der Waals surface area (Å²) in [6.07, 6.45) is 2.66. The Kier molecular flexibility index (Phi) is 3.33. The van der Waals surface area contributed by atoms with E-state index in [1.54, 1.807) is 16.6 Å². The first-order valence-electron chi connectivity index (χ1n) is 6.52. The molecular weight excluding hydrogens is 255 g/mol. The van der Waals surface area contributed by atoms with Crippen LogP contribution in [-0.4, -0.2) is 21.1 Å². The summed E-state index contributed by atoms with van der Waals surface area (Å²) in [4.78, 5) is 4.37. The van der Waals surface area contributed by atoms with E-state index < -0.39 is 0 Å². The fourth-order valence-corrected chi connectivity index (χ4v) is 2.07. The van der Waals surface area contributed by atoms with Crippen LogP contribution in [0.2, 0.25) is 0 Å². The molecule has 2 aromatic heterocycles. The molecule has 0 saturated heterocycles. The zero-order valence-electron chi connectivity index (χ0n) is 11.2. The summed E-state index contributed by atoms with van der Waals surface area (Å²) >= 11 is 0. The van der Waals surface area contributed by atoms with Crippen LogP contribution in [0, 0.1) is 12.7 Å². The molecular formula is C15H15FN4. The quantitative estimate of drug-likeness (QED) is 0.792. The maximum absolute atomic E-state index is 13.0. The van der Waals surface area contributed by atoms with Crippen LogP contribution in [0.4, 0.5) is 10.3 Å². The van der Waals surface area contributed by atoms with Crippen molar-refractivity contribution in [2.24, 2.45) is 0 Å². The lowest BCUT2D eigenvalue weighted by atomic mass is 10.1. The van der Waals surface area contributed by atoms with Gasteiger partial charge in [-0.25, -0.2) is 8.91 Å². The van der Waals surface area contributed by atoms with E-state index in [4.69, 9.17) is 0 Å². The third-order valence-electron chi connectivity index (χ3n) is 3.06. The second-order valence-electron chi connectivity index (χ2n) is 4.75. The van der Waals surface area contributed by atoms with Gasteiger partial charge in [-0.2, -0.15) is 4.98 Å². The van der Waals surface area contributed by atoms with Crippen molar-refractivity contribution in [3.05, 3.63) is 59.5 Å². The van der Waals surface area contributed by atoms with Gasteiger partial charge in [-0.1, -0.05) is 18.2 Å². The number of hydrogen-bond acceptors (Lipinski definition) is 3. The second kappa shape index (κ2) is 5.28. The number of rotatable bonds is 4. The molecule has 0 radical (unpaired) electrons. The number of aromatic nitrogens is 3. The topological polar surface area (TPSA) is 42.2 Å². The predicted octanol–water partition coefficient (Wildman–Crippen LogP) is 2.83. The molecule has 1 N–H and O–H groups in total. The van der Waals surface area contributed by atoms with Crippen molar-refractivity contribution >= 4 is 11.6 Å². The summed E-state index contributed by atoms with van der Waals surface area (Å²) in [5, 5.41) is 7.50. The normalized spacial score (nSPS) is 10.9. The van der Waals surface area contributed by atoms with E-state index in [1.807, 2.05) is 31.3 Å². The summed E-state index contributed by atoms with van der Waals surface area (Å²) in [6, 6.07) is 10.5. The largest absolute Gasteiger partial charge is 0.353 e. The molecule has 5 heteroatoms. The number of halogens is 1. The number of fused-ring (bicyclic) bond motifs is 1. The van der Waals surface area contributed by atoms with Gasteiger partial charge in [-0.15, -0.1) is 5.10 Å². The van der Waals surface area contributed by atoms with Crippen LogP contribution in [0.25, 0.3) is 5.65 Å². The SMILES string of the molecule is Cc1ccc2nc(NCCc3cccc(F)c3)nn2c1. The molecule has 0 amide bonds. The number of nitrogens with zero attached hydrogens (tertiary/aromatic N) is 3. The molecule has 0 atom stereocenters. The van der Waals surface area contributed by atoms with Crippen molar-refractivity contribution < 1.29 is 4.39 Å². The average Bonchev–Trinajstić information content (AvgIpc) is 2.80. The molecule has 3 rings (SSSR count). The summed E-state index contributed by atoms with van der Waals surface area (Å²) in [5.41, 5.74) is 2.90. The van der Waals surface area contributed by atoms with Gasteiger partial charge < -0.3 is 5.32 Å². The maximum atomic E-state index is 13.0. The Morgan fingerprint density at radius 1 is 1.25 bits per heavy atom. The van der Waals surface area contributed by atoms with Crippen molar-refractivity contribution in [1.82, 2.24) is 14.6 Å². The Balaban J connectivity index is 1.65. The molecule has 0 fully saturated rings. The molecule has 102 valence electrons. The first kappa shape index (κ1) is 12.6. The fourth-order valence-electron chi connectivity index (χ4n) is 2.07. The van der Waals surface area contributed by atoms with Crippen molar-refractivity contribution in [3.8, 4) is 0 Å². The Hall–Kier alpha value is -2.43. The molecule has 0 saturated carbocycles. The summed E-state index contributed by atoms with van der Waals surface area (Å²) in [6.45, 7) is 2.68. The van der Waals surface area contributed by atoms with Crippen molar-refractivity contribution in [3.63, 3.8) is 0 Å². The third-order valence-corrected chi connectivity index (χ3v) is 3.06. The monoisotopic (exact) mass is 270 g/mol. The average molecular weight is 270 g/mol. The predicted molar refractivity (Wildman–Crippen MR) is 76.3 cm³/mol. The van der Waals surface area contributed by atoms with Crippen molar-refractivity contribution in [1.29, 1.82) is 0 Å². The summed E-state index contributed by atoms with van der Waals surface area (Å²) < 4.78 is 14.8. The van der Waals surface area contributed by atoms with E-state index in [9.17, 15) is 4.39 Å². The molecule has 0 aliphatic carbocycles. The Morgan fingerprint density at radius 3 is 3.00 bits per heavy atom. The van der Waals surface area contributed by atoms with Crippen LogP contribution >= 0.6 is 0 Å². The molecule has 1 aromatic carbocycles. The number of aryl methyl sites for hydroxylation is 1. The van der Waals surface area contributed by atoms with Crippen LogP contribution in [-0.2, 0) is 6.42 Å². The summed E-state index contributed by atoms with van der Waals surface area (Å²) in [5.74, 6) is 0.385. The molecule has 4 nitrogen and oxygen atoms in total. The minimum Gasteiger partial charge on any atom is -0.353 e. The first-order valence-corrected chi connectivity index (χ1v) is 6.52. The fraction of sp³-hybridized carbons (Fsp3) is 0.200. The van der Waals surface area contributed by atoms with E-state index in [0.717, 1.165) is 23.2 Å². The number of pyridine rings is 1. The Morgan fingerprint density at radius 2 is 2.15 bits per heavy atom. The van der Waals surface area contributed by atoms with Gasteiger partial charge in [0.15, 0.2) is 5.65 Å². The standard InChI is InChI=1S/C15H15FN4/c1-11-5-6-14-18-15(19-20(14)10-11)17-8-7-12-3-2-4-13(16)9-12/h2-6,9-10H,7-8H2,1H3,(H,17,19). The van der Waals surface area contributed by atoms with E-state index in [0.29, 0.717) is 12.5 Å². The van der Waals surface area contributed by atoms with Gasteiger partial charge in [0.05, 0.1) is 0 Å². The van der Waals surface area contributed by atoms with Gasteiger partial charge in [-0.05, 0) is 42.7 Å². The van der Waals surface area contributed by atoms with Gasteiger partial charge in [-0.3, -0.25) is 0 Å². The lowest BCUT2D eigenvalue weighted by molar-refractivity contribution is 0.625. The highest BCUT2D eigenvalue weighted by Crippen LogP contribution is 2.08. The van der Waals surface area contributed by atoms with Gasteiger partial charge >= 0.3 is 0 Å². The summed E-state index contributed by atoms with van der Waals surface area (Å²) in [7, 11) is 0. The van der Waals surface area contributed by atoms with Crippen LogP contribution in [0.1, 0.15) is 11.1 Å². The number of benzene rings is 1. The lowest BCUT2D eigenvalue weighted by Gasteiger charge is -2.02. The van der Waals surface area contributed by atoms with Gasteiger partial charge in [0.25, 0.3) is 0 Å². The van der Waals surface area contributed by atoms with E-state index in [-0.39, 0.29) is 5.82 Å². The number of nitrogens with one attached hydrogen (secondary N) is 1. The van der Waals surface area contributed by atoms with Crippen molar-refractivity contribution in [2.75, 3.05) is 11.9 Å². The molecule has 0 aliphatic heterocycles. The maximum Gasteiger partial charge on any atom is 0.243 e. The zero-order chi connectivity index (χ0) is 13.9.